The molecule has 0 aliphatic heterocycles. The first-order valence-electron chi connectivity index (χ1n) is 5.93. The number of urea groups is 1. The van der Waals surface area contributed by atoms with Crippen LogP contribution >= 0.6 is 0 Å². The molecule has 0 atom stereocenters. The van der Waals surface area contributed by atoms with Gasteiger partial charge in [-0.25, -0.2) is 17.9 Å². The fraction of sp³-hybridized carbons (Fsp3) is 0.0714. The summed E-state index contributed by atoms with van der Waals surface area (Å²) >= 11 is 0. The highest BCUT2D eigenvalue weighted by molar-refractivity contribution is 7.90. The van der Waals surface area contributed by atoms with Crippen LogP contribution in [-0.2, 0) is 10.0 Å². The molecule has 0 saturated heterocycles. The number of aryl methyl sites for hydroxylation is 1. The molecular formula is C14H14N2O3S. The summed E-state index contributed by atoms with van der Waals surface area (Å²) in [6.45, 7) is 1.67. The van der Waals surface area contributed by atoms with E-state index in [4.69, 9.17) is 0 Å². The Bertz CT molecular complexity index is 712. The summed E-state index contributed by atoms with van der Waals surface area (Å²) in [5, 5.41) is 2.46. The predicted molar refractivity (Wildman–Crippen MR) is 77.0 cm³/mol. The molecule has 2 aromatic carbocycles. The normalized spacial score (nSPS) is 10.8. The Morgan fingerprint density at radius 3 is 2.20 bits per heavy atom. The van der Waals surface area contributed by atoms with Crippen LogP contribution in [0.5, 0.6) is 0 Å². The van der Waals surface area contributed by atoms with Gasteiger partial charge in [0, 0.05) is 5.69 Å². The minimum absolute atomic E-state index is 0.0863. The maximum atomic E-state index is 12.1. The number of nitrogens with one attached hydrogen (secondary N) is 2. The Balaban J connectivity index is 2.13. The lowest BCUT2D eigenvalue weighted by Crippen LogP contribution is -2.34. The van der Waals surface area contributed by atoms with Crippen LogP contribution in [0, 0.1) is 6.92 Å². The molecule has 0 saturated carbocycles. The molecule has 2 aromatic rings. The molecule has 0 aromatic heterocycles. The Labute approximate surface area is 117 Å². The molecule has 5 nitrogen and oxygen atoms in total. The van der Waals surface area contributed by atoms with Gasteiger partial charge in [0.05, 0.1) is 4.90 Å². The van der Waals surface area contributed by atoms with Crippen LogP contribution in [0.3, 0.4) is 0 Å². The number of rotatable bonds is 3. The average molecular weight is 290 g/mol. The number of sulfonamides is 1. The van der Waals surface area contributed by atoms with E-state index in [1.54, 1.807) is 55.5 Å². The second kappa shape index (κ2) is 5.75. The van der Waals surface area contributed by atoms with Crippen molar-refractivity contribution in [2.45, 2.75) is 11.8 Å². The molecule has 0 bridgehead atoms. The molecule has 0 radical (unpaired) electrons. The van der Waals surface area contributed by atoms with Crippen molar-refractivity contribution < 1.29 is 13.2 Å². The van der Waals surface area contributed by atoms with Gasteiger partial charge < -0.3 is 5.32 Å². The van der Waals surface area contributed by atoms with Gasteiger partial charge in [-0.05, 0) is 30.7 Å². The fourth-order valence-electron chi connectivity index (χ4n) is 1.71. The SMILES string of the molecule is Cc1ccccc1S(=O)(=O)NC(=O)Nc1ccccc1. The lowest BCUT2D eigenvalue weighted by Gasteiger charge is -2.10. The highest BCUT2D eigenvalue weighted by atomic mass is 32.2. The third-order valence-corrected chi connectivity index (χ3v) is 4.13. The quantitative estimate of drug-likeness (QED) is 0.912. The van der Waals surface area contributed by atoms with Gasteiger partial charge in [0.2, 0.25) is 0 Å². The number of para-hydroxylation sites is 1. The zero-order valence-electron chi connectivity index (χ0n) is 10.8. The largest absolute Gasteiger partial charge is 0.333 e. The molecule has 2 rings (SSSR count). The van der Waals surface area contributed by atoms with Gasteiger partial charge >= 0.3 is 6.03 Å². The van der Waals surface area contributed by atoms with E-state index in [2.05, 4.69) is 5.32 Å². The van der Waals surface area contributed by atoms with E-state index in [1.807, 2.05) is 4.72 Å². The number of carbonyl (C=O) groups is 1. The van der Waals surface area contributed by atoms with Crippen LogP contribution in [0.1, 0.15) is 5.56 Å². The van der Waals surface area contributed by atoms with E-state index in [0.717, 1.165) is 0 Å². The zero-order valence-corrected chi connectivity index (χ0v) is 11.6. The van der Waals surface area contributed by atoms with Crippen LogP contribution in [0.4, 0.5) is 10.5 Å². The summed E-state index contributed by atoms with van der Waals surface area (Å²) < 4.78 is 26.1. The highest BCUT2D eigenvalue weighted by Crippen LogP contribution is 2.14. The fourth-order valence-corrected chi connectivity index (χ4v) is 2.87. The van der Waals surface area contributed by atoms with Gasteiger partial charge in [0.25, 0.3) is 10.0 Å². The standard InChI is InChI=1S/C14H14N2O3S/c1-11-7-5-6-10-13(11)20(18,19)16-14(17)15-12-8-3-2-4-9-12/h2-10H,1H3,(H2,15,16,17). The molecule has 2 N–H and O–H groups in total. The van der Waals surface area contributed by atoms with Crippen molar-refractivity contribution in [2.75, 3.05) is 5.32 Å². The monoisotopic (exact) mass is 290 g/mol. The van der Waals surface area contributed by atoms with Crippen LogP contribution < -0.4 is 10.0 Å². The Hall–Kier alpha value is -2.34. The van der Waals surface area contributed by atoms with Gasteiger partial charge in [-0.3, -0.25) is 0 Å². The van der Waals surface area contributed by atoms with Crippen LogP contribution in [0.2, 0.25) is 0 Å². The molecular weight excluding hydrogens is 276 g/mol. The number of benzene rings is 2. The molecule has 0 aliphatic carbocycles. The molecule has 0 unspecified atom stereocenters. The average Bonchev–Trinajstić information content (AvgIpc) is 2.39. The first kappa shape index (κ1) is 14.1. The summed E-state index contributed by atoms with van der Waals surface area (Å²) in [5.41, 5.74) is 1.09. The molecule has 0 spiro atoms. The topological polar surface area (TPSA) is 75.3 Å². The van der Waals surface area contributed by atoms with Gasteiger partial charge in [-0.1, -0.05) is 36.4 Å². The molecule has 104 valence electrons. The predicted octanol–water partition coefficient (Wildman–Crippen LogP) is 2.51. The molecule has 6 heteroatoms. The van der Waals surface area contributed by atoms with Crippen molar-refractivity contribution in [3.63, 3.8) is 0 Å². The third-order valence-electron chi connectivity index (χ3n) is 2.64. The second-order valence-electron chi connectivity index (χ2n) is 4.19. The molecule has 20 heavy (non-hydrogen) atoms. The minimum atomic E-state index is -3.87. The highest BCUT2D eigenvalue weighted by Gasteiger charge is 2.19. The van der Waals surface area contributed by atoms with E-state index in [-0.39, 0.29) is 4.90 Å². The Kier molecular flexibility index (Phi) is 4.05. The third kappa shape index (κ3) is 3.36. The number of carbonyl (C=O) groups excluding carboxylic acids is 1. The van der Waals surface area contributed by atoms with E-state index in [0.29, 0.717) is 11.3 Å². The van der Waals surface area contributed by atoms with Gasteiger partial charge in [-0.15, -0.1) is 0 Å². The number of anilines is 1. The Morgan fingerprint density at radius 1 is 0.950 bits per heavy atom. The second-order valence-corrected chi connectivity index (χ2v) is 5.84. The maximum absolute atomic E-state index is 12.1. The van der Waals surface area contributed by atoms with E-state index >= 15 is 0 Å². The molecule has 2 amide bonds. The zero-order chi connectivity index (χ0) is 14.6. The van der Waals surface area contributed by atoms with Crippen LogP contribution in [0.15, 0.2) is 59.5 Å². The first-order valence-corrected chi connectivity index (χ1v) is 7.42. The summed E-state index contributed by atoms with van der Waals surface area (Å²) in [6, 6.07) is 14.3. The van der Waals surface area contributed by atoms with Crippen molar-refractivity contribution in [3.8, 4) is 0 Å². The van der Waals surface area contributed by atoms with Gasteiger partial charge in [0.15, 0.2) is 0 Å². The smallest absolute Gasteiger partial charge is 0.307 e. The van der Waals surface area contributed by atoms with Crippen molar-refractivity contribution >= 4 is 21.7 Å². The van der Waals surface area contributed by atoms with Crippen LogP contribution in [0.25, 0.3) is 0 Å². The van der Waals surface area contributed by atoms with E-state index in [9.17, 15) is 13.2 Å². The van der Waals surface area contributed by atoms with Crippen molar-refractivity contribution in [2.24, 2.45) is 0 Å². The van der Waals surface area contributed by atoms with Crippen molar-refractivity contribution in [1.82, 2.24) is 4.72 Å². The lowest BCUT2D eigenvalue weighted by molar-refractivity contribution is 0.256. The first-order chi connectivity index (χ1) is 9.49. The number of hydrogen-bond donors (Lipinski definition) is 2. The van der Waals surface area contributed by atoms with E-state index < -0.39 is 16.1 Å². The summed E-state index contributed by atoms with van der Waals surface area (Å²) in [6.07, 6.45) is 0. The molecule has 0 aliphatic rings. The number of amides is 2. The van der Waals surface area contributed by atoms with Crippen molar-refractivity contribution in [1.29, 1.82) is 0 Å². The van der Waals surface area contributed by atoms with Crippen molar-refractivity contribution in [3.05, 3.63) is 60.2 Å². The van der Waals surface area contributed by atoms with Crippen LogP contribution in [-0.4, -0.2) is 14.4 Å². The summed E-state index contributed by atoms with van der Waals surface area (Å²) in [5.74, 6) is 0. The van der Waals surface area contributed by atoms with Gasteiger partial charge in [0.1, 0.15) is 0 Å². The lowest BCUT2D eigenvalue weighted by atomic mass is 10.2. The summed E-state index contributed by atoms with van der Waals surface area (Å²) in [4.78, 5) is 11.8. The summed E-state index contributed by atoms with van der Waals surface area (Å²) in [7, 11) is -3.87. The maximum Gasteiger partial charge on any atom is 0.333 e. The van der Waals surface area contributed by atoms with Gasteiger partial charge in [-0.2, -0.15) is 0 Å². The number of hydrogen-bond acceptors (Lipinski definition) is 3. The molecule has 0 fully saturated rings. The molecule has 0 heterocycles. The van der Waals surface area contributed by atoms with E-state index in [1.165, 1.54) is 6.07 Å². The minimum Gasteiger partial charge on any atom is -0.307 e. The Morgan fingerprint density at radius 2 is 1.55 bits per heavy atom.